The van der Waals surface area contributed by atoms with Crippen molar-refractivity contribution >= 4 is 178 Å². The standard InChI is InChI=1S/C48H26N8.C32H18N8.C16H10N8.12C2H6/c1-2-10-26-18-34-33(17-25(26)9-1)41-49-42(34)54-44-37-21-29-13-5-6-14-30(29)22-38(37)46(51-44)56-48-40-24-32-16-8-7-15-31(32)23-39(40)47(52-48)55-45-36-20-28-12-4-3-11-27(28)19-35(36)43(50-45)53-41;1-2-10-18-17(9-1)25-33-26(18)38-28-21-13-5-6-14-22(21)30(35-28)40-32-24-16-8-7-15-23(24)31(36-32)39-29-20-12-4-3-11-19(20)27(34-29)37-25;1-2-10-17-9(1)21-11-3-4-13(18-11)23-15-7-8-16(20-15)24-14-6-5-12(19-14)22-10;12*1-2/h1-24H,(H2,49,50,51,52,53,54,55,56);1-16H,(H2,33,34,35,36,37,38,39,40);1-8H,(H2,17,18,19,20,21,22,23,24);12*1-2H3. The summed E-state index contributed by atoms with van der Waals surface area (Å²) in [5, 5.41) is 16.5. The molecule has 0 saturated carbocycles. The van der Waals surface area contributed by atoms with Crippen LogP contribution in [0.2, 0.25) is 0 Å². The van der Waals surface area contributed by atoms with Gasteiger partial charge in [0.05, 0.1) is 0 Å². The molecule has 24 bridgehead atoms. The highest BCUT2D eigenvalue weighted by Gasteiger charge is 2.27. The minimum Gasteiger partial charge on any atom is -0.325 e. The van der Waals surface area contributed by atoms with E-state index in [9.17, 15) is 0 Å². The van der Waals surface area contributed by atoms with Gasteiger partial charge in [-0.3, -0.25) is 0 Å². The summed E-state index contributed by atoms with van der Waals surface area (Å²) < 4.78 is 0. The van der Waals surface area contributed by atoms with E-state index in [4.69, 9.17) is 59.8 Å². The second-order valence-corrected chi connectivity index (χ2v) is 29.6. The van der Waals surface area contributed by atoms with Gasteiger partial charge in [-0.15, -0.1) is 0 Å². The molecular formula is C120H126N24. The van der Waals surface area contributed by atoms with Gasteiger partial charge in [0.1, 0.15) is 67.8 Å². The Balaban J connectivity index is 0.000000173. The predicted octanol–water partition coefficient (Wildman–Crippen LogP) is 32.9. The van der Waals surface area contributed by atoms with Crippen LogP contribution in [-0.4, -0.2) is 120 Å². The first-order valence-electron chi connectivity index (χ1n) is 50.9. The Bertz CT molecular complexity index is 7860. The zero-order valence-electron chi connectivity index (χ0n) is 86.8. The van der Waals surface area contributed by atoms with E-state index in [1.54, 1.807) is 24.3 Å². The lowest BCUT2D eigenvalue weighted by Crippen LogP contribution is -1.87. The van der Waals surface area contributed by atoms with Crippen LogP contribution in [0.1, 0.15) is 189 Å². The lowest BCUT2D eigenvalue weighted by molar-refractivity contribution is 1.07. The fourth-order valence-electron chi connectivity index (χ4n) is 16.6. The number of rotatable bonds is 0. The van der Waals surface area contributed by atoms with E-state index in [1.807, 2.05) is 287 Å². The van der Waals surface area contributed by atoms with Gasteiger partial charge in [0.2, 0.25) is 0 Å². The molecule has 726 valence electrons. The zero-order chi connectivity index (χ0) is 103. The van der Waals surface area contributed by atoms with Gasteiger partial charge in [0.25, 0.3) is 0 Å². The fraction of sp³-hybridized carbons (Fsp3) is 0.200. The fourth-order valence-corrected chi connectivity index (χ4v) is 16.6. The second-order valence-electron chi connectivity index (χ2n) is 29.6. The van der Waals surface area contributed by atoms with Crippen LogP contribution in [0.4, 0.5) is 0 Å². The Morgan fingerprint density at radius 2 is 0.299 bits per heavy atom. The van der Waals surface area contributed by atoms with Crippen molar-refractivity contribution in [1.82, 2.24) is 120 Å². The van der Waals surface area contributed by atoms with E-state index in [1.165, 1.54) is 0 Å². The van der Waals surface area contributed by atoms with E-state index in [0.29, 0.717) is 138 Å². The Labute approximate surface area is 840 Å². The van der Waals surface area contributed by atoms with Gasteiger partial charge in [-0.25, -0.2) is 89.7 Å². The highest BCUT2D eigenvalue weighted by Crippen LogP contribution is 2.43. The molecule has 27 rings (SSSR count). The molecule has 0 fully saturated rings. The summed E-state index contributed by atoms with van der Waals surface area (Å²) in [6, 6.07) is 90.5. The average Bonchev–Trinajstić information content (AvgIpc) is 1.58. The molecule has 0 aliphatic carbocycles. The van der Waals surface area contributed by atoms with Crippen molar-refractivity contribution in [3.63, 3.8) is 0 Å². The number of hydrogen-bond donors (Lipinski definition) is 6. The monoisotopic (exact) mass is 1900 g/mol. The summed E-state index contributed by atoms with van der Waals surface area (Å²) in [6.07, 6.45) is 7.21. The maximum Gasteiger partial charge on any atom is 0.164 e. The third-order valence-electron chi connectivity index (χ3n) is 22.2. The number of hydrogen-bond acceptors (Lipinski definition) is 18. The minimum atomic E-state index is 0.559. The van der Waals surface area contributed by atoms with E-state index in [2.05, 4.69) is 205 Å². The first-order valence-corrected chi connectivity index (χ1v) is 50.9. The molecule has 12 aromatic carbocycles. The quantitative estimate of drug-likeness (QED) is 0.0821. The molecule has 144 heavy (non-hydrogen) atoms. The normalized spacial score (nSPS) is 10.7. The van der Waals surface area contributed by atoms with Gasteiger partial charge < -0.3 is 29.9 Å². The lowest BCUT2D eigenvalue weighted by atomic mass is 10.0. The topological polar surface area (TPSA) is 327 Å². The van der Waals surface area contributed by atoms with E-state index in [0.717, 1.165) is 131 Å². The number of fused-ring (bicyclic) bond motifs is 52. The molecule has 0 atom stereocenters. The molecule has 0 unspecified atom stereocenters. The van der Waals surface area contributed by atoms with Crippen molar-refractivity contribution in [1.29, 1.82) is 0 Å². The van der Waals surface area contributed by atoms with Crippen LogP contribution in [0.3, 0.4) is 0 Å². The summed E-state index contributed by atoms with van der Waals surface area (Å²) in [5.41, 5.74) is 15.5. The number of aromatic nitrogens is 24. The van der Waals surface area contributed by atoms with Gasteiger partial charge in [0.15, 0.2) is 69.9 Å². The van der Waals surface area contributed by atoms with Crippen LogP contribution in [0, 0.1) is 0 Å². The summed E-state index contributed by atoms with van der Waals surface area (Å²) >= 11 is 0. The Morgan fingerprint density at radius 1 is 0.132 bits per heavy atom. The maximum atomic E-state index is 5.31. The minimum absolute atomic E-state index is 0.559. The van der Waals surface area contributed by atoms with Crippen LogP contribution >= 0.6 is 0 Å². The third kappa shape index (κ3) is 21.4. The highest BCUT2D eigenvalue weighted by molar-refractivity contribution is 6.14. The summed E-state index contributed by atoms with van der Waals surface area (Å²) in [6.45, 7) is 48.0. The first-order chi connectivity index (χ1) is 71.3. The third-order valence-corrected chi connectivity index (χ3v) is 22.2. The Hall–Kier alpha value is -17.3. The number of H-pyrrole nitrogens is 6. The van der Waals surface area contributed by atoms with E-state index in [-0.39, 0.29) is 0 Å². The molecule has 6 N–H and O–H groups in total. The number of benzene rings is 12. The summed E-state index contributed by atoms with van der Waals surface area (Å²) in [5.74, 6) is 6.98. The summed E-state index contributed by atoms with van der Waals surface area (Å²) in [7, 11) is 0. The number of aromatic amines is 6. The van der Waals surface area contributed by atoms with Gasteiger partial charge in [-0.05, 0) is 140 Å². The largest absolute Gasteiger partial charge is 0.325 e. The SMILES string of the molecule is C1=Cc2nc1nc1nc(nc3ccc(nc4ccc(n2)[nH]4)[nH]3)C=C1.CC.CC.CC.CC.CC.CC.CC.CC.CC.CC.CC.CC.c1ccc2c(c1)-c1nc-2nc2[nH]c(nc3nc(nc4[nH]c(n1)c1ccccc41)-c1ccccc1-3)c1ccccc21.c1ccc2cc3c(cc2c1)-c1nc-3nc2[nH]c(nc3nc(nc4[nH]c(n1)c1cc5ccccc5cc41)-c1cc4ccccc4cc1-3)c1cc3ccccc3cc21. The summed E-state index contributed by atoms with van der Waals surface area (Å²) in [4.78, 5) is 108. The number of nitrogens with one attached hydrogen (secondary N) is 6. The number of nitrogens with zero attached hydrogens (tertiary/aromatic N) is 18. The molecule has 0 spiro atoms. The predicted molar refractivity (Wildman–Crippen MR) is 608 cm³/mol. The molecule has 6 aliphatic rings. The average molecular weight is 1900 g/mol. The lowest BCUT2D eigenvalue weighted by Gasteiger charge is -2.03. The Kier molecular flexibility index (Phi) is 35.8. The van der Waals surface area contributed by atoms with Crippen molar-refractivity contribution in [3.05, 3.63) is 290 Å². The molecular weight excluding hydrogens is 1780 g/mol. The van der Waals surface area contributed by atoms with Gasteiger partial charge in [0, 0.05) is 87.6 Å². The molecule has 15 heterocycles. The van der Waals surface area contributed by atoms with Crippen LogP contribution in [0.25, 0.3) is 269 Å². The molecule has 9 aromatic heterocycles. The van der Waals surface area contributed by atoms with Gasteiger partial charge in [-0.1, -0.05) is 360 Å². The zero-order valence-corrected chi connectivity index (χ0v) is 86.8. The Morgan fingerprint density at radius 3 is 0.514 bits per heavy atom. The molecule has 24 nitrogen and oxygen atoms in total. The van der Waals surface area contributed by atoms with Gasteiger partial charge in [-0.2, -0.15) is 0 Å². The van der Waals surface area contributed by atoms with Gasteiger partial charge >= 0.3 is 0 Å². The smallest absolute Gasteiger partial charge is 0.164 e. The van der Waals surface area contributed by atoms with Crippen molar-refractivity contribution in [2.75, 3.05) is 0 Å². The molecule has 0 saturated heterocycles. The van der Waals surface area contributed by atoms with Crippen molar-refractivity contribution < 1.29 is 0 Å². The van der Waals surface area contributed by atoms with E-state index < -0.39 is 0 Å². The van der Waals surface area contributed by atoms with E-state index >= 15 is 0 Å². The van der Waals surface area contributed by atoms with Crippen LogP contribution < -0.4 is 0 Å². The second kappa shape index (κ2) is 49.5. The highest BCUT2D eigenvalue weighted by atomic mass is 15.1. The molecule has 21 aromatic rings. The molecule has 6 aliphatic heterocycles. The van der Waals surface area contributed by atoms with Crippen LogP contribution in [0.15, 0.2) is 267 Å². The first kappa shape index (κ1) is 104. The molecule has 0 radical (unpaired) electrons. The molecule has 24 heteroatoms. The van der Waals surface area contributed by atoms with Crippen molar-refractivity contribution in [2.45, 2.75) is 166 Å². The van der Waals surface area contributed by atoms with Crippen molar-refractivity contribution in [3.8, 4) is 91.1 Å². The van der Waals surface area contributed by atoms with Crippen molar-refractivity contribution in [2.24, 2.45) is 0 Å². The van der Waals surface area contributed by atoms with Crippen LogP contribution in [-0.2, 0) is 0 Å². The maximum absolute atomic E-state index is 5.31. The molecule has 0 amide bonds. The van der Waals surface area contributed by atoms with Crippen LogP contribution in [0.5, 0.6) is 0 Å².